The minimum absolute atomic E-state index is 0.00893. The highest BCUT2D eigenvalue weighted by Gasteiger charge is 2.10. The summed E-state index contributed by atoms with van der Waals surface area (Å²) < 4.78 is 4.57. The third-order valence-corrected chi connectivity index (χ3v) is 3.08. The molecule has 0 heterocycles. The van der Waals surface area contributed by atoms with Crippen LogP contribution in [-0.4, -0.2) is 50.9 Å². The summed E-state index contributed by atoms with van der Waals surface area (Å²) in [6.45, 7) is 1.05. The number of guanidine groups is 1. The summed E-state index contributed by atoms with van der Waals surface area (Å²) in [6, 6.07) is 9.80. The van der Waals surface area contributed by atoms with Crippen LogP contribution in [0.15, 0.2) is 35.3 Å². The van der Waals surface area contributed by atoms with Crippen LogP contribution in [0.4, 0.5) is 0 Å². The van der Waals surface area contributed by atoms with E-state index in [4.69, 9.17) is 0 Å². The molecule has 0 bridgehead atoms. The standard InChI is InChI=1S/C15H23N3O3/c1-16-15(17-9-8-14(20)21-2)18-10-13(11-19)12-6-4-3-5-7-12/h3-7,13,19H,8-11H2,1-2H3,(H2,16,17,18). The van der Waals surface area contributed by atoms with Gasteiger partial charge in [-0.25, -0.2) is 0 Å². The first-order valence-electron chi connectivity index (χ1n) is 6.88. The topological polar surface area (TPSA) is 83.0 Å². The molecule has 0 amide bonds. The summed E-state index contributed by atoms with van der Waals surface area (Å²) in [7, 11) is 3.02. The van der Waals surface area contributed by atoms with E-state index in [1.807, 2.05) is 30.3 Å². The van der Waals surface area contributed by atoms with Gasteiger partial charge in [-0.15, -0.1) is 0 Å². The third-order valence-electron chi connectivity index (χ3n) is 3.08. The summed E-state index contributed by atoms with van der Waals surface area (Å²) in [6.07, 6.45) is 0.277. The first-order valence-corrected chi connectivity index (χ1v) is 6.88. The van der Waals surface area contributed by atoms with Crippen molar-refractivity contribution in [2.24, 2.45) is 4.99 Å². The molecule has 0 aliphatic heterocycles. The summed E-state index contributed by atoms with van der Waals surface area (Å²) in [5, 5.41) is 15.6. The lowest BCUT2D eigenvalue weighted by atomic mass is 10.0. The van der Waals surface area contributed by atoms with Crippen molar-refractivity contribution in [3.63, 3.8) is 0 Å². The van der Waals surface area contributed by atoms with E-state index in [-0.39, 0.29) is 24.9 Å². The van der Waals surface area contributed by atoms with Crippen LogP contribution in [0.1, 0.15) is 17.9 Å². The molecule has 0 saturated carbocycles. The van der Waals surface area contributed by atoms with Gasteiger partial charge in [-0.1, -0.05) is 30.3 Å². The molecule has 3 N–H and O–H groups in total. The molecule has 0 spiro atoms. The predicted molar refractivity (Wildman–Crippen MR) is 82.3 cm³/mol. The Bertz CT molecular complexity index is 449. The number of hydrogen-bond donors (Lipinski definition) is 3. The lowest BCUT2D eigenvalue weighted by molar-refractivity contribution is -0.140. The van der Waals surface area contributed by atoms with Gasteiger partial charge in [0, 0.05) is 26.1 Å². The second kappa shape index (κ2) is 9.77. The van der Waals surface area contributed by atoms with E-state index in [2.05, 4.69) is 20.4 Å². The lowest BCUT2D eigenvalue weighted by Gasteiger charge is -2.18. The van der Waals surface area contributed by atoms with Crippen LogP contribution in [-0.2, 0) is 9.53 Å². The maximum atomic E-state index is 11.0. The Balaban J connectivity index is 2.41. The number of nitrogens with one attached hydrogen (secondary N) is 2. The molecular weight excluding hydrogens is 270 g/mol. The number of benzene rings is 1. The molecule has 0 fully saturated rings. The third kappa shape index (κ3) is 6.27. The zero-order valence-corrected chi connectivity index (χ0v) is 12.5. The summed E-state index contributed by atoms with van der Waals surface area (Å²) in [4.78, 5) is 15.1. The van der Waals surface area contributed by atoms with E-state index in [1.165, 1.54) is 7.11 Å². The van der Waals surface area contributed by atoms with Gasteiger partial charge >= 0.3 is 5.97 Å². The second-order valence-electron chi connectivity index (χ2n) is 4.50. The number of aliphatic hydroxyl groups excluding tert-OH is 1. The fourth-order valence-electron chi connectivity index (χ4n) is 1.84. The molecule has 6 heteroatoms. The quantitative estimate of drug-likeness (QED) is 0.387. The fourth-order valence-corrected chi connectivity index (χ4v) is 1.84. The average molecular weight is 293 g/mol. The molecule has 116 valence electrons. The second-order valence-corrected chi connectivity index (χ2v) is 4.50. The highest BCUT2D eigenvalue weighted by atomic mass is 16.5. The minimum atomic E-state index is -0.268. The van der Waals surface area contributed by atoms with Crippen molar-refractivity contribution in [1.82, 2.24) is 10.6 Å². The van der Waals surface area contributed by atoms with Gasteiger partial charge in [-0.05, 0) is 5.56 Å². The lowest BCUT2D eigenvalue weighted by Crippen LogP contribution is -2.40. The largest absolute Gasteiger partial charge is 0.469 e. The summed E-state index contributed by atoms with van der Waals surface area (Å²) in [5.41, 5.74) is 1.07. The van der Waals surface area contributed by atoms with E-state index in [0.717, 1.165) is 5.56 Å². The van der Waals surface area contributed by atoms with E-state index in [1.54, 1.807) is 7.05 Å². The molecule has 0 radical (unpaired) electrons. The first kappa shape index (κ1) is 17.0. The number of carbonyl (C=O) groups is 1. The molecule has 1 aromatic rings. The minimum Gasteiger partial charge on any atom is -0.469 e. The van der Waals surface area contributed by atoms with Crippen molar-refractivity contribution in [3.8, 4) is 0 Å². The maximum Gasteiger partial charge on any atom is 0.307 e. The maximum absolute atomic E-state index is 11.0. The van der Waals surface area contributed by atoms with Crippen LogP contribution in [0.5, 0.6) is 0 Å². The number of ether oxygens (including phenoxy) is 1. The Morgan fingerprint density at radius 3 is 2.62 bits per heavy atom. The number of rotatable bonds is 7. The van der Waals surface area contributed by atoms with Crippen LogP contribution in [0.2, 0.25) is 0 Å². The number of methoxy groups -OCH3 is 1. The van der Waals surface area contributed by atoms with Crippen LogP contribution in [0.25, 0.3) is 0 Å². The molecule has 1 aromatic carbocycles. The van der Waals surface area contributed by atoms with Crippen LogP contribution >= 0.6 is 0 Å². The number of carbonyl (C=O) groups excluding carboxylic acids is 1. The smallest absolute Gasteiger partial charge is 0.307 e. The number of aliphatic imine (C=N–C) groups is 1. The molecule has 21 heavy (non-hydrogen) atoms. The zero-order valence-electron chi connectivity index (χ0n) is 12.5. The van der Waals surface area contributed by atoms with Gasteiger partial charge in [0.05, 0.1) is 20.1 Å². The van der Waals surface area contributed by atoms with Crippen molar-refractivity contribution in [1.29, 1.82) is 0 Å². The molecule has 0 aromatic heterocycles. The molecule has 1 rings (SSSR count). The Labute approximate surface area is 125 Å². The monoisotopic (exact) mass is 293 g/mol. The van der Waals surface area contributed by atoms with Crippen molar-refractivity contribution in [2.75, 3.05) is 33.9 Å². The van der Waals surface area contributed by atoms with E-state index >= 15 is 0 Å². The Hall–Kier alpha value is -2.08. The van der Waals surface area contributed by atoms with Crippen molar-refractivity contribution < 1.29 is 14.6 Å². The van der Waals surface area contributed by atoms with Crippen LogP contribution in [0.3, 0.4) is 0 Å². The molecular formula is C15H23N3O3. The SMILES string of the molecule is CN=C(NCCC(=O)OC)NCC(CO)c1ccccc1. The van der Waals surface area contributed by atoms with Crippen LogP contribution < -0.4 is 10.6 Å². The average Bonchev–Trinajstić information content (AvgIpc) is 2.54. The zero-order chi connectivity index (χ0) is 15.5. The van der Waals surface area contributed by atoms with Gasteiger partial charge in [0.2, 0.25) is 0 Å². The number of aliphatic hydroxyl groups is 1. The fraction of sp³-hybridized carbons (Fsp3) is 0.467. The highest BCUT2D eigenvalue weighted by molar-refractivity contribution is 5.80. The number of esters is 1. The van der Waals surface area contributed by atoms with E-state index in [9.17, 15) is 9.90 Å². The van der Waals surface area contributed by atoms with E-state index in [0.29, 0.717) is 19.0 Å². The molecule has 0 aliphatic rings. The number of nitrogens with zero attached hydrogens (tertiary/aromatic N) is 1. The Morgan fingerprint density at radius 1 is 1.33 bits per heavy atom. The predicted octanol–water partition coefficient (Wildman–Crippen LogP) is 0.491. The first-order chi connectivity index (χ1) is 10.2. The molecule has 6 nitrogen and oxygen atoms in total. The normalized spacial score (nSPS) is 12.6. The number of hydrogen-bond acceptors (Lipinski definition) is 4. The molecule has 1 atom stereocenters. The molecule has 1 unspecified atom stereocenters. The van der Waals surface area contributed by atoms with Gasteiger partial charge in [-0.2, -0.15) is 0 Å². The van der Waals surface area contributed by atoms with Crippen molar-refractivity contribution in [2.45, 2.75) is 12.3 Å². The van der Waals surface area contributed by atoms with Crippen molar-refractivity contribution >= 4 is 11.9 Å². The highest BCUT2D eigenvalue weighted by Crippen LogP contribution is 2.13. The Morgan fingerprint density at radius 2 is 2.05 bits per heavy atom. The van der Waals surface area contributed by atoms with Gasteiger partial charge in [0.25, 0.3) is 0 Å². The molecule has 0 saturated heterocycles. The van der Waals surface area contributed by atoms with Gasteiger partial charge in [0.1, 0.15) is 0 Å². The van der Waals surface area contributed by atoms with Gasteiger partial charge < -0.3 is 20.5 Å². The van der Waals surface area contributed by atoms with Gasteiger partial charge in [0.15, 0.2) is 5.96 Å². The summed E-state index contributed by atoms with van der Waals surface area (Å²) in [5.74, 6) is 0.314. The Kier molecular flexibility index (Phi) is 7.89. The molecule has 0 aliphatic carbocycles. The van der Waals surface area contributed by atoms with E-state index < -0.39 is 0 Å². The van der Waals surface area contributed by atoms with Crippen molar-refractivity contribution in [3.05, 3.63) is 35.9 Å². The van der Waals surface area contributed by atoms with Crippen LogP contribution in [0, 0.1) is 0 Å². The van der Waals surface area contributed by atoms with Gasteiger partial charge in [-0.3, -0.25) is 9.79 Å². The summed E-state index contributed by atoms with van der Waals surface area (Å²) >= 11 is 0.